The standard InChI is InChI=1S/C28H37N3O7/c1-4-7-8-12-24(25(5-2)31(37)18-32)27(34)30-17-29-26(33)20-11-9-10-19(13-20)21-14-22(28(35)36)16-23(15-21)38-6-3/h9-11,13-16,18,24-25,37H,4-8,12,17H2,1-3H3,(H,29,33)(H,30,34)(H,35,36)/t24-,25-/m1/s1. The van der Waals surface area contributed by atoms with Crippen LogP contribution in [0.15, 0.2) is 42.5 Å². The zero-order valence-corrected chi connectivity index (χ0v) is 22.1. The number of unbranched alkanes of at least 4 members (excludes halogenated alkanes) is 2. The van der Waals surface area contributed by atoms with Crippen molar-refractivity contribution in [3.8, 4) is 16.9 Å². The number of carbonyl (C=O) groups excluding carboxylic acids is 3. The molecule has 0 saturated heterocycles. The summed E-state index contributed by atoms with van der Waals surface area (Å²) in [7, 11) is 0. The van der Waals surface area contributed by atoms with Gasteiger partial charge in [-0.3, -0.25) is 19.6 Å². The molecule has 2 rings (SSSR count). The third-order valence-electron chi connectivity index (χ3n) is 6.22. The lowest BCUT2D eigenvalue weighted by molar-refractivity contribution is -0.168. The number of carbonyl (C=O) groups is 4. The number of rotatable bonds is 16. The molecule has 0 bridgehead atoms. The minimum Gasteiger partial charge on any atom is -0.494 e. The first-order valence-electron chi connectivity index (χ1n) is 12.9. The van der Waals surface area contributed by atoms with E-state index in [2.05, 4.69) is 10.6 Å². The molecule has 38 heavy (non-hydrogen) atoms. The van der Waals surface area contributed by atoms with E-state index in [1.807, 2.05) is 6.92 Å². The fraction of sp³-hybridized carbons (Fsp3) is 0.429. The summed E-state index contributed by atoms with van der Waals surface area (Å²) in [6, 6.07) is 10.7. The molecule has 0 saturated carbocycles. The summed E-state index contributed by atoms with van der Waals surface area (Å²) in [5.74, 6) is -2.10. The van der Waals surface area contributed by atoms with Gasteiger partial charge in [0.1, 0.15) is 5.75 Å². The zero-order valence-electron chi connectivity index (χ0n) is 22.1. The molecule has 10 nitrogen and oxygen atoms in total. The molecule has 0 heterocycles. The number of aromatic carboxylic acids is 1. The molecular formula is C28H37N3O7. The molecule has 2 aromatic carbocycles. The van der Waals surface area contributed by atoms with Crippen LogP contribution in [0.25, 0.3) is 11.1 Å². The summed E-state index contributed by atoms with van der Waals surface area (Å²) in [5.41, 5.74) is 1.60. The number of ether oxygens (including phenoxy) is 1. The first-order chi connectivity index (χ1) is 18.2. The Kier molecular flexibility index (Phi) is 12.2. The van der Waals surface area contributed by atoms with Crippen LogP contribution < -0.4 is 15.4 Å². The predicted octanol–water partition coefficient (Wildman–Crippen LogP) is 4.08. The average Bonchev–Trinajstić information content (AvgIpc) is 2.92. The highest BCUT2D eigenvalue weighted by Crippen LogP contribution is 2.27. The molecular weight excluding hydrogens is 490 g/mol. The van der Waals surface area contributed by atoms with Gasteiger partial charge in [0.2, 0.25) is 12.3 Å². The summed E-state index contributed by atoms with van der Waals surface area (Å²) >= 11 is 0. The van der Waals surface area contributed by atoms with E-state index >= 15 is 0 Å². The summed E-state index contributed by atoms with van der Waals surface area (Å²) < 4.78 is 5.49. The molecule has 0 spiro atoms. The lowest BCUT2D eigenvalue weighted by Crippen LogP contribution is -2.47. The molecule has 2 aromatic rings. The molecule has 2 atom stereocenters. The van der Waals surface area contributed by atoms with E-state index in [1.54, 1.807) is 44.2 Å². The van der Waals surface area contributed by atoms with Crippen molar-refractivity contribution in [1.82, 2.24) is 15.7 Å². The zero-order chi connectivity index (χ0) is 28.1. The van der Waals surface area contributed by atoms with Crippen LogP contribution in [0.4, 0.5) is 0 Å². The Morgan fingerprint density at radius 2 is 1.74 bits per heavy atom. The smallest absolute Gasteiger partial charge is 0.335 e. The predicted molar refractivity (Wildman–Crippen MR) is 142 cm³/mol. The fourth-order valence-corrected chi connectivity index (χ4v) is 4.27. The van der Waals surface area contributed by atoms with Crippen molar-refractivity contribution < 1.29 is 34.2 Å². The summed E-state index contributed by atoms with van der Waals surface area (Å²) in [6.07, 6.45) is 3.84. The van der Waals surface area contributed by atoms with Crippen LogP contribution >= 0.6 is 0 Å². The highest BCUT2D eigenvalue weighted by molar-refractivity contribution is 5.96. The third-order valence-corrected chi connectivity index (χ3v) is 6.22. The van der Waals surface area contributed by atoms with Crippen molar-refractivity contribution in [3.63, 3.8) is 0 Å². The monoisotopic (exact) mass is 527 g/mol. The van der Waals surface area contributed by atoms with Crippen LogP contribution in [0.5, 0.6) is 5.75 Å². The number of hydrogen-bond donors (Lipinski definition) is 4. The van der Waals surface area contributed by atoms with Crippen LogP contribution in [0, 0.1) is 5.92 Å². The lowest BCUT2D eigenvalue weighted by Gasteiger charge is -2.29. The van der Waals surface area contributed by atoms with E-state index in [4.69, 9.17) is 4.74 Å². The van der Waals surface area contributed by atoms with E-state index in [0.717, 1.165) is 19.3 Å². The minimum atomic E-state index is -1.09. The molecule has 4 N–H and O–H groups in total. The second-order valence-electron chi connectivity index (χ2n) is 8.85. The molecule has 0 unspecified atom stereocenters. The first kappa shape index (κ1) is 30.3. The third kappa shape index (κ3) is 8.58. The van der Waals surface area contributed by atoms with Crippen LogP contribution in [-0.2, 0) is 9.59 Å². The Morgan fingerprint density at radius 3 is 2.37 bits per heavy atom. The number of benzene rings is 2. The highest BCUT2D eigenvalue weighted by Gasteiger charge is 2.30. The van der Waals surface area contributed by atoms with Crippen LogP contribution in [-0.4, -0.2) is 58.9 Å². The Hall–Kier alpha value is -3.92. The molecule has 206 valence electrons. The number of hydroxylamine groups is 2. The van der Waals surface area contributed by atoms with Crippen molar-refractivity contribution in [2.24, 2.45) is 5.92 Å². The molecule has 0 fully saturated rings. The number of nitrogens with one attached hydrogen (secondary N) is 2. The van der Waals surface area contributed by atoms with Crippen LogP contribution in [0.2, 0.25) is 0 Å². The largest absolute Gasteiger partial charge is 0.494 e. The summed E-state index contributed by atoms with van der Waals surface area (Å²) in [4.78, 5) is 48.4. The SMILES string of the molecule is CCCCC[C@@H](C(=O)NCNC(=O)c1cccc(-c2cc(OCC)cc(C(=O)O)c2)c1)[C@@H](CC)N(O)C=O. The van der Waals surface area contributed by atoms with Crippen molar-refractivity contribution in [2.45, 2.75) is 58.9 Å². The van der Waals surface area contributed by atoms with Crippen molar-refractivity contribution >= 4 is 24.2 Å². The van der Waals surface area contributed by atoms with Gasteiger partial charge < -0.3 is 20.5 Å². The minimum absolute atomic E-state index is 0.0680. The van der Waals surface area contributed by atoms with Gasteiger partial charge in [0, 0.05) is 5.56 Å². The lowest BCUT2D eigenvalue weighted by atomic mass is 9.90. The Labute approximate surface area is 222 Å². The van der Waals surface area contributed by atoms with E-state index in [1.165, 1.54) is 12.1 Å². The van der Waals surface area contributed by atoms with Crippen molar-refractivity contribution in [2.75, 3.05) is 13.3 Å². The van der Waals surface area contributed by atoms with Gasteiger partial charge in [-0.25, -0.2) is 9.86 Å². The summed E-state index contributed by atoms with van der Waals surface area (Å²) in [6.45, 7) is 5.87. The van der Waals surface area contributed by atoms with Gasteiger partial charge in [-0.15, -0.1) is 0 Å². The number of carboxylic acid groups (broad SMARTS) is 1. The average molecular weight is 528 g/mol. The van der Waals surface area contributed by atoms with Crippen LogP contribution in [0.3, 0.4) is 0 Å². The normalized spacial score (nSPS) is 12.2. The van der Waals surface area contributed by atoms with Gasteiger partial charge in [0.25, 0.3) is 5.91 Å². The fourth-order valence-electron chi connectivity index (χ4n) is 4.27. The second-order valence-corrected chi connectivity index (χ2v) is 8.85. The molecule has 0 aromatic heterocycles. The van der Waals surface area contributed by atoms with E-state index < -0.39 is 23.8 Å². The number of carboxylic acids is 1. The number of amides is 3. The molecule has 0 aliphatic rings. The molecule has 10 heteroatoms. The highest BCUT2D eigenvalue weighted by atomic mass is 16.5. The maximum Gasteiger partial charge on any atom is 0.335 e. The van der Waals surface area contributed by atoms with Crippen LogP contribution in [0.1, 0.15) is 73.6 Å². The quantitative estimate of drug-likeness (QED) is 0.0846. The van der Waals surface area contributed by atoms with Gasteiger partial charge in [-0.05, 0) is 61.2 Å². The van der Waals surface area contributed by atoms with E-state index in [0.29, 0.717) is 53.4 Å². The van der Waals surface area contributed by atoms with Gasteiger partial charge in [0.15, 0.2) is 0 Å². The first-order valence-corrected chi connectivity index (χ1v) is 12.9. The molecule has 0 radical (unpaired) electrons. The maximum atomic E-state index is 12.9. The van der Waals surface area contributed by atoms with E-state index in [9.17, 15) is 29.5 Å². The molecule has 3 amide bonds. The number of nitrogens with zero attached hydrogens (tertiary/aromatic N) is 1. The van der Waals surface area contributed by atoms with Crippen molar-refractivity contribution in [1.29, 1.82) is 0 Å². The maximum absolute atomic E-state index is 12.9. The van der Waals surface area contributed by atoms with Gasteiger partial charge >= 0.3 is 5.97 Å². The Bertz CT molecular complexity index is 1110. The second kappa shape index (κ2) is 15.4. The summed E-state index contributed by atoms with van der Waals surface area (Å²) in [5, 5.41) is 25.3. The van der Waals surface area contributed by atoms with Gasteiger partial charge in [0.05, 0.1) is 30.8 Å². The van der Waals surface area contributed by atoms with Gasteiger partial charge in [-0.1, -0.05) is 45.2 Å². The molecule has 0 aliphatic carbocycles. The Balaban J connectivity index is 2.11. The topological polar surface area (TPSA) is 145 Å². The van der Waals surface area contributed by atoms with Gasteiger partial charge in [-0.2, -0.15) is 0 Å². The van der Waals surface area contributed by atoms with Crippen molar-refractivity contribution in [3.05, 3.63) is 53.6 Å². The Morgan fingerprint density at radius 1 is 1.00 bits per heavy atom. The van der Waals surface area contributed by atoms with E-state index in [-0.39, 0.29) is 18.1 Å². The molecule has 0 aliphatic heterocycles. The number of hydrogen-bond acceptors (Lipinski definition) is 6.